The van der Waals surface area contributed by atoms with E-state index < -0.39 is 5.82 Å². The van der Waals surface area contributed by atoms with Gasteiger partial charge in [0.15, 0.2) is 5.76 Å². The van der Waals surface area contributed by atoms with Crippen LogP contribution in [0.15, 0.2) is 28.8 Å². The van der Waals surface area contributed by atoms with Crippen LogP contribution in [-0.2, 0) is 0 Å². The van der Waals surface area contributed by atoms with Crippen LogP contribution >= 0.6 is 11.6 Å². The zero-order chi connectivity index (χ0) is 11.7. The monoisotopic (exact) mass is 240 g/mol. The number of nitrogens with two attached hydrogens (primary N) is 1. The Labute approximate surface area is 97.0 Å². The Bertz CT molecular complexity index is 510. The van der Waals surface area contributed by atoms with Gasteiger partial charge in [-0.15, -0.1) is 0 Å². The zero-order valence-electron chi connectivity index (χ0n) is 8.58. The molecule has 1 unspecified atom stereocenters. The first-order valence-electron chi connectivity index (χ1n) is 4.75. The molecule has 0 saturated carbocycles. The SMILES string of the molecule is CC(N)c1cc(-c2ccc(F)c(Cl)c2)no1. The summed E-state index contributed by atoms with van der Waals surface area (Å²) in [6, 6.07) is 5.87. The molecule has 5 heteroatoms. The molecule has 2 N–H and O–H groups in total. The van der Waals surface area contributed by atoms with Crippen molar-refractivity contribution in [1.29, 1.82) is 0 Å². The number of benzene rings is 1. The third kappa shape index (κ3) is 2.08. The lowest BCUT2D eigenvalue weighted by atomic mass is 10.1. The molecule has 0 fully saturated rings. The summed E-state index contributed by atoms with van der Waals surface area (Å²) >= 11 is 5.67. The molecule has 0 saturated heterocycles. The zero-order valence-corrected chi connectivity index (χ0v) is 9.33. The second-order valence-electron chi connectivity index (χ2n) is 3.53. The van der Waals surface area contributed by atoms with Crippen molar-refractivity contribution in [3.63, 3.8) is 0 Å². The molecule has 84 valence electrons. The van der Waals surface area contributed by atoms with Crippen LogP contribution in [0.5, 0.6) is 0 Å². The van der Waals surface area contributed by atoms with Gasteiger partial charge >= 0.3 is 0 Å². The minimum atomic E-state index is -0.457. The van der Waals surface area contributed by atoms with Gasteiger partial charge in [-0.25, -0.2) is 4.39 Å². The van der Waals surface area contributed by atoms with Gasteiger partial charge < -0.3 is 10.3 Å². The highest BCUT2D eigenvalue weighted by atomic mass is 35.5. The van der Waals surface area contributed by atoms with Crippen molar-refractivity contribution in [1.82, 2.24) is 5.16 Å². The Kier molecular flexibility index (Phi) is 2.94. The lowest BCUT2D eigenvalue weighted by Crippen LogP contribution is -2.02. The van der Waals surface area contributed by atoms with Crippen LogP contribution in [-0.4, -0.2) is 5.16 Å². The quantitative estimate of drug-likeness (QED) is 0.877. The molecule has 2 aromatic rings. The van der Waals surface area contributed by atoms with Gasteiger partial charge in [-0.1, -0.05) is 16.8 Å². The Hall–Kier alpha value is -1.39. The molecular formula is C11H10ClFN2O. The van der Waals surface area contributed by atoms with Crippen LogP contribution < -0.4 is 5.73 Å². The third-order valence-electron chi connectivity index (χ3n) is 2.19. The van der Waals surface area contributed by atoms with Crippen molar-refractivity contribution >= 4 is 11.6 Å². The number of aromatic nitrogens is 1. The second-order valence-corrected chi connectivity index (χ2v) is 3.94. The van der Waals surface area contributed by atoms with E-state index in [4.69, 9.17) is 21.9 Å². The number of hydrogen-bond donors (Lipinski definition) is 1. The van der Waals surface area contributed by atoms with Crippen LogP contribution in [0.3, 0.4) is 0 Å². The summed E-state index contributed by atoms with van der Waals surface area (Å²) < 4.78 is 18.0. The van der Waals surface area contributed by atoms with Crippen LogP contribution in [0.25, 0.3) is 11.3 Å². The molecular weight excluding hydrogens is 231 g/mol. The van der Waals surface area contributed by atoms with Crippen LogP contribution in [0.1, 0.15) is 18.7 Å². The van der Waals surface area contributed by atoms with E-state index >= 15 is 0 Å². The summed E-state index contributed by atoms with van der Waals surface area (Å²) in [7, 11) is 0. The number of nitrogens with zero attached hydrogens (tertiary/aromatic N) is 1. The first-order valence-corrected chi connectivity index (χ1v) is 5.13. The summed E-state index contributed by atoms with van der Waals surface area (Å²) in [5.41, 5.74) is 6.93. The van der Waals surface area contributed by atoms with Crippen molar-refractivity contribution < 1.29 is 8.91 Å². The van der Waals surface area contributed by atoms with Gasteiger partial charge in [0.05, 0.1) is 11.1 Å². The molecule has 1 aromatic heterocycles. The van der Waals surface area contributed by atoms with E-state index in [1.807, 2.05) is 0 Å². The molecule has 16 heavy (non-hydrogen) atoms. The average Bonchev–Trinajstić information content (AvgIpc) is 2.71. The van der Waals surface area contributed by atoms with Gasteiger partial charge in [0.25, 0.3) is 0 Å². The molecule has 3 nitrogen and oxygen atoms in total. The number of rotatable bonds is 2. The lowest BCUT2D eigenvalue weighted by Gasteiger charge is -1.97. The van der Waals surface area contributed by atoms with Gasteiger partial charge in [0.2, 0.25) is 0 Å². The fraction of sp³-hybridized carbons (Fsp3) is 0.182. The molecule has 0 amide bonds. The van der Waals surface area contributed by atoms with E-state index in [-0.39, 0.29) is 11.1 Å². The molecule has 1 heterocycles. The molecule has 0 aliphatic carbocycles. The van der Waals surface area contributed by atoms with Crippen LogP contribution in [0.4, 0.5) is 4.39 Å². The van der Waals surface area contributed by atoms with Crippen molar-refractivity contribution in [3.8, 4) is 11.3 Å². The standard InChI is InChI=1S/C11H10ClFN2O/c1-6(14)11-5-10(15-16-11)7-2-3-9(13)8(12)4-7/h2-6H,14H2,1H3. The average molecular weight is 241 g/mol. The molecule has 0 spiro atoms. The maximum atomic E-state index is 13.0. The molecule has 0 aliphatic heterocycles. The first kappa shape index (κ1) is 11.1. The first-order chi connectivity index (χ1) is 7.58. The van der Waals surface area contributed by atoms with E-state index in [9.17, 15) is 4.39 Å². The Balaban J connectivity index is 2.39. The van der Waals surface area contributed by atoms with Gasteiger partial charge in [-0.2, -0.15) is 0 Å². The van der Waals surface area contributed by atoms with Crippen LogP contribution in [0, 0.1) is 5.82 Å². The summed E-state index contributed by atoms with van der Waals surface area (Å²) in [6.07, 6.45) is 0. The third-order valence-corrected chi connectivity index (χ3v) is 2.48. The maximum absolute atomic E-state index is 13.0. The maximum Gasteiger partial charge on any atom is 0.153 e. The fourth-order valence-electron chi connectivity index (χ4n) is 1.30. The summed E-state index contributed by atoms with van der Waals surface area (Å²) in [5, 5.41) is 3.90. The molecule has 0 radical (unpaired) electrons. The largest absolute Gasteiger partial charge is 0.359 e. The van der Waals surface area contributed by atoms with Gasteiger partial charge in [0, 0.05) is 11.6 Å². The fourth-order valence-corrected chi connectivity index (χ4v) is 1.48. The van der Waals surface area contributed by atoms with Crippen molar-refractivity contribution in [3.05, 3.63) is 40.9 Å². The Morgan fingerprint density at radius 1 is 1.44 bits per heavy atom. The Morgan fingerprint density at radius 2 is 2.19 bits per heavy atom. The van der Waals surface area contributed by atoms with Crippen molar-refractivity contribution in [2.24, 2.45) is 5.73 Å². The summed E-state index contributed by atoms with van der Waals surface area (Å²) in [4.78, 5) is 0. The van der Waals surface area contributed by atoms with Crippen molar-refractivity contribution in [2.45, 2.75) is 13.0 Å². The number of halogens is 2. The van der Waals surface area contributed by atoms with Crippen LogP contribution in [0.2, 0.25) is 5.02 Å². The minimum absolute atomic E-state index is 0.0582. The predicted octanol–water partition coefficient (Wildman–Crippen LogP) is 3.15. The van der Waals surface area contributed by atoms with E-state index in [2.05, 4.69) is 5.16 Å². The molecule has 0 bridgehead atoms. The van der Waals surface area contributed by atoms with E-state index in [0.29, 0.717) is 17.0 Å². The lowest BCUT2D eigenvalue weighted by molar-refractivity contribution is 0.369. The highest BCUT2D eigenvalue weighted by Crippen LogP contribution is 2.25. The minimum Gasteiger partial charge on any atom is -0.359 e. The molecule has 1 aromatic carbocycles. The van der Waals surface area contributed by atoms with Gasteiger partial charge in [-0.05, 0) is 25.1 Å². The summed E-state index contributed by atoms with van der Waals surface area (Å²) in [6.45, 7) is 1.79. The molecule has 0 aliphatic rings. The van der Waals surface area contributed by atoms with Crippen molar-refractivity contribution in [2.75, 3.05) is 0 Å². The topological polar surface area (TPSA) is 52.0 Å². The van der Waals surface area contributed by atoms with E-state index in [1.165, 1.54) is 12.1 Å². The highest BCUT2D eigenvalue weighted by Gasteiger charge is 2.11. The molecule has 1 atom stereocenters. The smallest absolute Gasteiger partial charge is 0.153 e. The number of hydrogen-bond acceptors (Lipinski definition) is 3. The van der Waals surface area contributed by atoms with E-state index in [0.717, 1.165) is 0 Å². The second kappa shape index (κ2) is 4.23. The normalized spacial score (nSPS) is 12.8. The van der Waals surface area contributed by atoms with Gasteiger partial charge in [0.1, 0.15) is 11.5 Å². The summed E-state index contributed by atoms with van der Waals surface area (Å²) in [5.74, 6) is 0.122. The predicted molar refractivity (Wildman–Crippen MR) is 59.5 cm³/mol. The molecule has 2 rings (SSSR count). The van der Waals surface area contributed by atoms with Gasteiger partial charge in [-0.3, -0.25) is 0 Å². The van der Waals surface area contributed by atoms with E-state index in [1.54, 1.807) is 19.1 Å². The Morgan fingerprint density at radius 3 is 2.75 bits per heavy atom. The highest BCUT2D eigenvalue weighted by molar-refractivity contribution is 6.31.